The Balaban J connectivity index is 1.52. The van der Waals surface area contributed by atoms with Crippen LogP contribution in [0.4, 0.5) is 0 Å². The van der Waals surface area contributed by atoms with Crippen LogP contribution >= 0.6 is 0 Å². The molecule has 0 bridgehead atoms. The zero-order valence-corrected chi connectivity index (χ0v) is 18.5. The molecule has 0 aliphatic heterocycles. The molecule has 0 spiro atoms. The van der Waals surface area contributed by atoms with Gasteiger partial charge in [0, 0.05) is 17.7 Å². The number of aromatic carboxylic acids is 1. The Morgan fingerprint density at radius 3 is 2.39 bits per heavy atom. The highest BCUT2D eigenvalue weighted by Gasteiger charge is 2.28. The normalized spacial score (nSPS) is 19.1. The number of nitrogens with zero attached hydrogens (tertiary/aromatic N) is 1. The molecule has 33 heavy (non-hydrogen) atoms. The molecule has 0 radical (unpaired) electrons. The number of carboxylic acids is 1. The number of hydrogen-bond donors (Lipinski definition) is 4. The first kappa shape index (κ1) is 22.7. The van der Waals surface area contributed by atoms with Crippen LogP contribution in [0.2, 0.25) is 0 Å². The van der Waals surface area contributed by atoms with Crippen molar-refractivity contribution in [2.75, 3.05) is 6.54 Å². The first-order valence-electron chi connectivity index (χ1n) is 11.5. The molecule has 1 amide bonds. The number of rotatable bonds is 8. The number of benzene rings is 2. The minimum Gasteiger partial charge on any atom is -0.478 e. The fourth-order valence-electron chi connectivity index (χ4n) is 4.46. The van der Waals surface area contributed by atoms with E-state index in [-0.39, 0.29) is 23.4 Å². The summed E-state index contributed by atoms with van der Waals surface area (Å²) >= 11 is 0. The van der Waals surface area contributed by atoms with E-state index in [1.54, 1.807) is 30.5 Å². The molecule has 3 aromatic rings. The van der Waals surface area contributed by atoms with Gasteiger partial charge in [-0.1, -0.05) is 42.5 Å². The molecule has 0 unspecified atom stereocenters. The molecule has 172 valence electrons. The van der Waals surface area contributed by atoms with Gasteiger partial charge in [-0.15, -0.1) is 0 Å². The van der Waals surface area contributed by atoms with Crippen molar-refractivity contribution in [2.24, 2.45) is 17.6 Å². The molecule has 5 N–H and O–H groups in total. The van der Waals surface area contributed by atoms with Crippen molar-refractivity contribution in [3.05, 3.63) is 77.7 Å². The van der Waals surface area contributed by atoms with E-state index in [1.165, 1.54) is 0 Å². The van der Waals surface area contributed by atoms with E-state index in [0.717, 1.165) is 36.8 Å². The van der Waals surface area contributed by atoms with Gasteiger partial charge in [-0.05, 0) is 62.3 Å². The molecule has 7 heteroatoms. The number of nitrogens with two attached hydrogens (primary N) is 1. The summed E-state index contributed by atoms with van der Waals surface area (Å²) < 4.78 is 0. The number of H-pyrrole nitrogens is 1. The number of aromatic amines is 1. The van der Waals surface area contributed by atoms with Gasteiger partial charge in [0.15, 0.2) is 0 Å². The molecule has 2 aromatic carbocycles. The minimum absolute atomic E-state index is 0.00377. The van der Waals surface area contributed by atoms with Crippen molar-refractivity contribution < 1.29 is 14.7 Å². The molecular formula is C26H30N4O3. The van der Waals surface area contributed by atoms with E-state index in [9.17, 15) is 9.59 Å². The van der Waals surface area contributed by atoms with Crippen LogP contribution in [0.3, 0.4) is 0 Å². The van der Waals surface area contributed by atoms with E-state index in [0.29, 0.717) is 30.4 Å². The van der Waals surface area contributed by atoms with Crippen LogP contribution < -0.4 is 11.1 Å². The summed E-state index contributed by atoms with van der Waals surface area (Å²) in [6, 6.07) is 16.3. The first-order chi connectivity index (χ1) is 16.0. The standard InChI is InChI=1S/C26H30N4O3/c27-15-18-6-8-20(9-7-18)25(31)30-22(14-17-4-2-1-3-5-17)24-28-16-23(29-24)19-10-12-21(13-11-19)26(32)33/h1-5,10-13,16,18,20,22H,6-9,14-15,27H2,(H,28,29)(H,30,31)(H,32,33)/t18-,20-,22-/m0/s1. The van der Waals surface area contributed by atoms with E-state index >= 15 is 0 Å². The highest BCUT2D eigenvalue weighted by atomic mass is 16.4. The van der Waals surface area contributed by atoms with Gasteiger partial charge in [-0.25, -0.2) is 9.78 Å². The van der Waals surface area contributed by atoms with Crippen molar-refractivity contribution >= 4 is 11.9 Å². The number of nitrogens with one attached hydrogen (secondary N) is 2. The number of carbonyl (C=O) groups is 2. The summed E-state index contributed by atoms with van der Waals surface area (Å²) in [6.45, 7) is 0.688. The average Bonchev–Trinajstić information content (AvgIpc) is 3.35. The van der Waals surface area contributed by atoms with Crippen LogP contribution in [-0.4, -0.2) is 33.5 Å². The third-order valence-corrected chi connectivity index (χ3v) is 6.51. The van der Waals surface area contributed by atoms with Crippen LogP contribution in [0, 0.1) is 11.8 Å². The summed E-state index contributed by atoms with van der Waals surface area (Å²) in [5.74, 6) is 0.309. The Kier molecular flexibility index (Phi) is 7.19. The Morgan fingerprint density at radius 2 is 1.76 bits per heavy atom. The molecule has 1 saturated carbocycles. The first-order valence-corrected chi connectivity index (χ1v) is 11.5. The summed E-state index contributed by atoms with van der Waals surface area (Å²) in [5, 5.41) is 12.3. The predicted octanol–water partition coefficient (Wildman–Crippen LogP) is 3.94. The Bertz CT molecular complexity index is 1070. The number of carbonyl (C=O) groups excluding carboxylic acids is 1. The fraction of sp³-hybridized carbons (Fsp3) is 0.346. The van der Waals surface area contributed by atoms with Crippen LogP contribution in [0.15, 0.2) is 60.8 Å². The summed E-state index contributed by atoms with van der Waals surface area (Å²) in [7, 11) is 0. The molecule has 0 saturated heterocycles. The molecule has 1 aliphatic rings. The Labute approximate surface area is 193 Å². The van der Waals surface area contributed by atoms with Gasteiger partial charge in [0.1, 0.15) is 5.82 Å². The van der Waals surface area contributed by atoms with Gasteiger partial charge < -0.3 is 21.1 Å². The highest BCUT2D eigenvalue weighted by molar-refractivity contribution is 5.88. The number of imidazole rings is 1. The summed E-state index contributed by atoms with van der Waals surface area (Å²) in [4.78, 5) is 32.2. The zero-order chi connectivity index (χ0) is 23.2. The number of carboxylic acid groups (broad SMARTS) is 1. The third-order valence-electron chi connectivity index (χ3n) is 6.51. The number of hydrogen-bond acceptors (Lipinski definition) is 4. The Morgan fingerprint density at radius 1 is 1.06 bits per heavy atom. The van der Waals surface area contributed by atoms with E-state index in [2.05, 4.69) is 10.3 Å². The number of amides is 1. The monoisotopic (exact) mass is 446 g/mol. The lowest BCUT2D eigenvalue weighted by atomic mass is 9.81. The van der Waals surface area contributed by atoms with Gasteiger partial charge in [0.2, 0.25) is 5.91 Å². The van der Waals surface area contributed by atoms with E-state index in [1.807, 2.05) is 30.3 Å². The second kappa shape index (κ2) is 10.4. The molecule has 1 aromatic heterocycles. The van der Waals surface area contributed by atoms with Crippen molar-refractivity contribution in [1.29, 1.82) is 0 Å². The molecule has 1 atom stereocenters. The maximum absolute atomic E-state index is 13.1. The minimum atomic E-state index is -0.963. The lowest BCUT2D eigenvalue weighted by Gasteiger charge is -2.28. The van der Waals surface area contributed by atoms with E-state index < -0.39 is 5.97 Å². The second-order valence-corrected chi connectivity index (χ2v) is 8.76. The smallest absolute Gasteiger partial charge is 0.335 e. The van der Waals surface area contributed by atoms with Crippen molar-refractivity contribution in [2.45, 2.75) is 38.1 Å². The van der Waals surface area contributed by atoms with Gasteiger partial charge in [0.05, 0.1) is 17.3 Å². The maximum Gasteiger partial charge on any atom is 0.335 e. The van der Waals surface area contributed by atoms with Gasteiger partial charge in [-0.2, -0.15) is 0 Å². The molecule has 1 aliphatic carbocycles. The fourth-order valence-corrected chi connectivity index (χ4v) is 4.46. The summed E-state index contributed by atoms with van der Waals surface area (Å²) in [6.07, 6.45) is 6.14. The van der Waals surface area contributed by atoms with Crippen LogP contribution in [-0.2, 0) is 11.2 Å². The van der Waals surface area contributed by atoms with Crippen molar-refractivity contribution in [3.8, 4) is 11.3 Å². The molecule has 1 fully saturated rings. The SMILES string of the molecule is NC[C@H]1CC[C@H](C(=O)N[C@@H](Cc2ccccc2)c2nc(-c3ccc(C(=O)O)cc3)c[nH]2)CC1. The van der Waals surface area contributed by atoms with E-state index in [4.69, 9.17) is 15.8 Å². The molecule has 7 nitrogen and oxygen atoms in total. The quantitative estimate of drug-likeness (QED) is 0.418. The zero-order valence-electron chi connectivity index (χ0n) is 18.5. The maximum atomic E-state index is 13.1. The highest BCUT2D eigenvalue weighted by Crippen LogP contribution is 2.29. The van der Waals surface area contributed by atoms with Crippen LogP contribution in [0.1, 0.15) is 53.5 Å². The van der Waals surface area contributed by atoms with Crippen LogP contribution in [0.5, 0.6) is 0 Å². The summed E-state index contributed by atoms with van der Waals surface area (Å²) in [5.41, 5.74) is 8.66. The average molecular weight is 447 g/mol. The van der Waals surface area contributed by atoms with Gasteiger partial charge in [0.25, 0.3) is 0 Å². The van der Waals surface area contributed by atoms with Crippen LogP contribution in [0.25, 0.3) is 11.3 Å². The lowest BCUT2D eigenvalue weighted by Crippen LogP contribution is -2.37. The third kappa shape index (κ3) is 5.68. The predicted molar refractivity (Wildman–Crippen MR) is 127 cm³/mol. The molecule has 4 rings (SSSR count). The Hall–Kier alpha value is -3.45. The lowest BCUT2D eigenvalue weighted by molar-refractivity contribution is -0.127. The van der Waals surface area contributed by atoms with Crippen molar-refractivity contribution in [1.82, 2.24) is 15.3 Å². The topological polar surface area (TPSA) is 121 Å². The second-order valence-electron chi connectivity index (χ2n) is 8.76. The van der Waals surface area contributed by atoms with Crippen molar-refractivity contribution in [3.63, 3.8) is 0 Å². The molecular weight excluding hydrogens is 416 g/mol. The van der Waals surface area contributed by atoms with Gasteiger partial charge >= 0.3 is 5.97 Å². The molecule has 1 heterocycles. The number of aromatic nitrogens is 2. The van der Waals surface area contributed by atoms with Gasteiger partial charge in [-0.3, -0.25) is 4.79 Å². The largest absolute Gasteiger partial charge is 0.478 e.